The Bertz CT molecular complexity index is 654. The zero-order valence-electron chi connectivity index (χ0n) is 11.9. The fourth-order valence-corrected chi connectivity index (χ4v) is 2.08. The van der Waals surface area contributed by atoms with Crippen LogP contribution in [0.1, 0.15) is 26.0 Å². The summed E-state index contributed by atoms with van der Waals surface area (Å²) in [6.07, 6.45) is 2.34. The van der Waals surface area contributed by atoms with Crippen LogP contribution in [0.25, 0.3) is 0 Å². The largest absolute Gasteiger partial charge is 0.449 e. The Morgan fingerprint density at radius 3 is 2.81 bits per heavy atom. The predicted molar refractivity (Wildman–Crippen MR) is 75.2 cm³/mol. The average Bonchev–Trinajstić information content (AvgIpc) is 3.05. The van der Waals surface area contributed by atoms with Gasteiger partial charge < -0.3 is 19.3 Å². The van der Waals surface area contributed by atoms with Gasteiger partial charge in [-0.3, -0.25) is 4.79 Å². The van der Waals surface area contributed by atoms with Crippen LogP contribution < -0.4 is 14.8 Å². The van der Waals surface area contributed by atoms with Crippen molar-refractivity contribution in [3.05, 3.63) is 36.2 Å². The first-order valence-corrected chi connectivity index (χ1v) is 6.79. The highest BCUT2D eigenvalue weighted by Gasteiger charge is 2.34. The second-order valence-corrected chi connectivity index (χ2v) is 5.07. The molecule has 110 valence electrons. The van der Waals surface area contributed by atoms with Gasteiger partial charge in [0.05, 0.1) is 12.1 Å². The number of hydrogen-bond acceptors (Lipinski definition) is 5. The van der Waals surface area contributed by atoms with Crippen LogP contribution >= 0.6 is 0 Å². The third-order valence-corrected chi connectivity index (χ3v) is 3.35. The summed E-state index contributed by atoms with van der Waals surface area (Å²) >= 11 is 0. The Labute approximate surface area is 122 Å². The Morgan fingerprint density at radius 1 is 1.29 bits per heavy atom. The van der Waals surface area contributed by atoms with Crippen LogP contribution in [0.2, 0.25) is 0 Å². The molecule has 1 amide bonds. The Kier molecular flexibility index (Phi) is 3.29. The van der Waals surface area contributed by atoms with Crippen molar-refractivity contribution in [2.45, 2.75) is 32.5 Å². The molecule has 0 unspecified atom stereocenters. The van der Waals surface area contributed by atoms with E-state index in [9.17, 15) is 4.79 Å². The van der Waals surface area contributed by atoms with E-state index in [0.717, 1.165) is 6.42 Å². The molecule has 1 N–H and O–H groups in total. The number of anilines is 1. The molecule has 1 atom stereocenters. The summed E-state index contributed by atoms with van der Waals surface area (Å²) in [6, 6.07) is 7.00. The highest BCUT2D eigenvalue weighted by atomic mass is 16.7. The van der Waals surface area contributed by atoms with Gasteiger partial charge in [0.1, 0.15) is 6.26 Å². The lowest BCUT2D eigenvalue weighted by atomic mass is 10.2. The van der Waals surface area contributed by atoms with Crippen molar-refractivity contribution in [2.24, 2.45) is 0 Å². The quantitative estimate of drug-likeness (QED) is 0.936. The second kappa shape index (κ2) is 5.12. The molecular weight excluding hydrogens is 272 g/mol. The van der Waals surface area contributed by atoms with Gasteiger partial charge in [0.2, 0.25) is 11.7 Å². The van der Waals surface area contributed by atoms with E-state index in [2.05, 4.69) is 10.5 Å². The molecule has 0 fully saturated rings. The normalized spacial score (nSPS) is 19.5. The third-order valence-electron chi connectivity index (χ3n) is 3.35. The molecule has 2 heterocycles. The molecule has 21 heavy (non-hydrogen) atoms. The molecule has 1 aromatic heterocycles. The molecule has 0 spiro atoms. The minimum atomic E-state index is -0.633. The minimum absolute atomic E-state index is 0.164. The van der Waals surface area contributed by atoms with Crippen LogP contribution in [-0.4, -0.2) is 16.9 Å². The van der Waals surface area contributed by atoms with Gasteiger partial charge >= 0.3 is 0 Å². The summed E-state index contributed by atoms with van der Waals surface area (Å²) in [6.45, 7) is 3.88. The van der Waals surface area contributed by atoms with Gasteiger partial charge in [-0.15, -0.1) is 0 Å². The molecule has 3 rings (SSSR count). The van der Waals surface area contributed by atoms with E-state index in [4.69, 9.17) is 14.0 Å². The molecule has 0 saturated heterocycles. The fourth-order valence-electron chi connectivity index (χ4n) is 2.08. The number of carbonyl (C=O) groups is 1. The van der Waals surface area contributed by atoms with Gasteiger partial charge in [0.15, 0.2) is 11.5 Å². The van der Waals surface area contributed by atoms with Crippen LogP contribution in [-0.2, 0) is 11.2 Å². The summed E-state index contributed by atoms with van der Waals surface area (Å²) in [7, 11) is 0. The van der Waals surface area contributed by atoms with Crippen molar-refractivity contribution < 1.29 is 18.8 Å². The van der Waals surface area contributed by atoms with Gasteiger partial charge in [0.25, 0.3) is 0 Å². The number of benzene rings is 1. The highest BCUT2D eigenvalue weighted by molar-refractivity contribution is 5.92. The van der Waals surface area contributed by atoms with Crippen molar-refractivity contribution in [2.75, 3.05) is 5.32 Å². The molecule has 1 aromatic carbocycles. The summed E-state index contributed by atoms with van der Waals surface area (Å²) < 4.78 is 16.2. The average molecular weight is 288 g/mol. The number of hydrogen-bond donors (Lipinski definition) is 1. The van der Waals surface area contributed by atoms with Crippen LogP contribution in [0.3, 0.4) is 0 Å². The first kappa shape index (κ1) is 13.5. The van der Waals surface area contributed by atoms with E-state index < -0.39 is 5.79 Å². The Morgan fingerprint density at radius 2 is 2.10 bits per heavy atom. The lowest BCUT2D eigenvalue weighted by Crippen LogP contribution is -2.33. The van der Waals surface area contributed by atoms with Crippen molar-refractivity contribution in [3.63, 3.8) is 0 Å². The molecule has 0 saturated carbocycles. The molecule has 0 radical (unpaired) electrons. The van der Waals surface area contributed by atoms with Crippen molar-refractivity contribution in [1.29, 1.82) is 0 Å². The maximum absolute atomic E-state index is 11.9. The highest BCUT2D eigenvalue weighted by Crippen LogP contribution is 2.41. The number of nitrogens with one attached hydrogen (secondary N) is 1. The second-order valence-electron chi connectivity index (χ2n) is 5.07. The minimum Gasteiger partial charge on any atom is -0.449 e. The number of fused-ring (bicyclic) bond motifs is 1. The number of aromatic nitrogens is 1. The van der Waals surface area contributed by atoms with E-state index in [0.29, 0.717) is 22.9 Å². The van der Waals surface area contributed by atoms with Crippen LogP contribution in [0.15, 0.2) is 35.1 Å². The zero-order valence-corrected chi connectivity index (χ0v) is 11.9. The van der Waals surface area contributed by atoms with Gasteiger partial charge in [-0.2, -0.15) is 0 Å². The molecule has 0 bridgehead atoms. The van der Waals surface area contributed by atoms with E-state index >= 15 is 0 Å². The topological polar surface area (TPSA) is 73.6 Å². The smallest absolute Gasteiger partial charge is 0.248 e. The number of rotatable bonds is 4. The van der Waals surface area contributed by atoms with E-state index in [1.165, 1.54) is 6.26 Å². The van der Waals surface area contributed by atoms with Crippen molar-refractivity contribution in [3.8, 4) is 11.5 Å². The monoisotopic (exact) mass is 288 g/mol. The molecule has 2 aromatic rings. The SMILES string of the molecule is CC[C@@]1(C)Oc2ccc(NC(=O)Cc3ccon3)cc2O1. The number of ether oxygens (including phenoxy) is 2. The molecule has 6 nitrogen and oxygen atoms in total. The van der Waals surface area contributed by atoms with Gasteiger partial charge in [-0.1, -0.05) is 12.1 Å². The van der Waals surface area contributed by atoms with Crippen LogP contribution in [0.4, 0.5) is 5.69 Å². The van der Waals surface area contributed by atoms with Gasteiger partial charge in [-0.25, -0.2) is 0 Å². The third kappa shape index (κ3) is 2.84. The number of amides is 1. The molecule has 1 aliphatic heterocycles. The Hall–Kier alpha value is -2.50. The van der Waals surface area contributed by atoms with E-state index in [1.807, 2.05) is 13.8 Å². The van der Waals surface area contributed by atoms with Crippen LogP contribution in [0.5, 0.6) is 11.5 Å². The molecule has 6 heteroatoms. The van der Waals surface area contributed by atoms with E-state index in [-0.39, 0.29) is 12.3 Å². The maximum Gasteiger partial charge on any atom is 0.248 e. The van der Waals surface area contributed by atoms with Crippen molar-refractivity contribution in [1.82, 2.24) is 5.16 Å². The lowest BCUT2D eigenvalue weighted by molar-refractivity contribution is -0.115. The predicted octanol–water partition coefficient (Wildman–Crippen LogP) is 2.75. The molecule has 0 aliphatic carbocycles. The standard InChI is InChI=1S/C15H16N2O4/c1-3-15(2)20-12-5-4-10(8-13(12)21-15)16-14(18)9-11-6-7-19-17-11/h4-8H,3,9H2,1-2H3,(H,16,18)/t15-/m0/s1. The summed E-state index contributed by atoms with van der Waals surface area (Å²) in [5.41, 5.74) is 1.25. The lowest BCUT2D eigenvalue weighted by Gasteiger charge is -2.20. The number of carbonyl (C=O) groups excluding carboxylic acids is 1. The number of nitrogens with zero attached hydrogens (tertiary/aromatic N) is 1. The fraction of sp³-hybridized carbons (Fsp3) is 0.333. The first-order valence-electron chi connectivity index (χ1n) is 6.79. The van der Waals surface area contributed by atoms with Crippen LogP contribution in [0, 0.1) is 0 Å². The Balaban J connectivity index is 1.68. The summed E-state index contributed by atoms with van der Waals surface area (Å²) in [5, 5.41) is 6.50. The first-order chi connectivity index (χ1) is 10.1. The maximum atomic E-state index is 11.9. The summed E-state index contributed by atoms with van der Waals surface area (Å²) in [5.74, 6) is 0.527. The van der Waals surface area contributed by atoms with E-state index in [1.54, 1.807) is 24.3 Å². The molecule has 1 aliphatic rings. The van der Waals surface area contributed by atoms with Gasteiger partial charge in [0, 0.05) is 31.2 Å². The zero-order chi connectivity index (χ0) is 14.9. The van der Waals surface area contributed by atoms with Crippen molar-refractivity contribution >= 4 is 11.6 Å². The molecular formula is C15H16N2O4. The summed E-state index contributed by atoms with van der Waals surface area (Å²) in [4.78, 5) is 11.9. The van der Waals surface area contributed by atoms with Gasteiger partial charge in [-0.05, 0) is 12.1 Å².